The molecule has 1 aromatic carbocycles. The molecule has 1 aliphatic rings. The number of morpholine rings is 1. The van der Waals surface area contributed by atoms with Gasteiger partial charge in [0.2, 0.25) is 0 Å². The molecule has 5 rings (SSSR count). The number of fused-ring (bicyclic) bond motifs is 3. The van der Waals surface area contributed by atoms with Crippen LogP contribution in [0.2, 0.25) is 0 Å². The number of rotatable bonds is 5. The molecule has 0 radical (unpaired) electrons. The summed E-state index contributed by atoms with van der Waals surface area (Å²) in [6.07, 6.45) is 1.78. The van der Waals surface area contributed by atoms with Crippen molar-refractivity contribution in [2.75, 3.05) is 51.8 Å². The van der Waals surface area contributed by atoms with E-state index in [0.29, 0.717) is 0 Å². The van der Waals surface area contributed by atoms with E-state index < -0.39 is 0 Å². The second-order valence-electron chi connectivity index (χ2n) is 8.40. The van der Waals surface area contributed by atoms with E-state index >= 15 is 0 Å². The molecule has 0 bridgehead atoms. The van der Waals surface area contributed by atoms with Crippen molar-refractivity contribution < 1.29 is 4.74 Å². The molecule has 0 unspecified atom stereocenters. The number of hydrogen-bond acceptors (Lipinski definition) is 6. The largest absolute Gasteiger partial charge is 0.379 e. The monoisotopic (exact) mass is 419 g/mol. The quantitative estimate of drug-likeness (QED) is 0.496. The molecule has 0 aliphatic carbocycles. The van der Waals surface area contributed by atoms with E-state index in [1.165, 1.54) is 11.3 Å². The van der Waals surface area contributed by atoms with Crippen LogP contribution in [0.15, 0.2) is 30.6 Å². The summed E-state index contributed by atoms with van der Waals surface area (Å²) in [6, 6.07) is 8.32. The average molecular weight is 420 g/mol. The van der Waals surface area contributed by atoms with E-state index in [4.69, 9.17) is 19.8 Å². The zero-order valence-electron chi connectivity index (χ0n) is 18.7. The summed E-state index contributed by atoms with van der Waals surface area (Å²) in [4.78, 5) is 14.2. The third kappa shape index (κ3) is 3.55. The Morgan fingerprint density at radius 2 is 1.74 bits per heavy atom. The SMILES string of the molecule is Cc1c(C)n(CCN2CCOCC2)c2ncn3nc(-c4ccc(N(C)C)cc4)nc3c12. The molecule has 8 heteroatoms. The zero-order chi connectivity index (χ0) is 21.5. The fraction of sp³-hybridized carbons (Fsp3) is 0.435. The van der Waals surface area contributed by atoms with Crippen LogP contribution in [0, 0.1) is 13.8 Å². The number of benzene rings is 1. The number of ether oxygens (including phenoxy) is 1. The molecule has 0 saturated carbocycles. The minimum atomic E-state index is 0.720. The average Bonchev–Trinajstić information content (AvgIpc) is 3.32. The molecule has 8 nitrogen and oxygen atoms in total. The van der Waals surface area contributed by atoms with Crippen LogP contribution in [0.1, 0.15) is 11.3 Å². The van der Waals surface area contributed by atoms with Gasteiger partial charge in [-0.3, -0.25) is 4.90 Å². The molecule has 0 N–H and O–H groups in total. The molecule has 4 heterocycles. The molecule has 1 saturated heterocycles. The Bertz CT molecular complexity index is 1220. The van der Waals surface area contributed by atoms with Crippen LogP contribution in [0.5, 0.6) is 0 Å². The summed E-state index contributed by atoms with van der Waals surface area (Å²) < 4.78 is 9.60. The minimum Gasteiger partial charge on any atom is -0.379 e. The summed E-state index contributed by atoms with van der Waals surface area (Å²) >= 11 is 0. The number of anilines is 1. The number of nitrogens with zero attached hydrogens (tertiary/aromatic N) is 7. The zero-order valence-corrected chi connectivity index (χ0v) is 18.7. The Morgan fingerprint density at radius 3 is 2.45 bits per heavy atom. The van der Waals surface area contributed by atoms with Gasteiger partial charge < -0.3 is 14.2 Å². The standard InChI is InChI=1S/C23H29N7O/c1-16-17(2)29(10-9-28-11-13-31-14-12-28)22-20(16)23-25-21(26-30(23)15-24-22)18-5-7-19(8-6-18)27(3)4/h5-8,15H,9-14H2,1-4H3. The van der Waals surface area contributed by atoms with Crippen molar-refractivity contribution in [1.29, 1.82) is 0 Å². The first kappa shape index (κ1) is 20.0. The van der Waals surface area contributed by atoms with E-state index in [9.17, 15) is 0 Å². The minimum absolute atomic E-state index is 0.720. The first-order valence-electron chi connectivity index (χ1n) is 10.8. The van der Waals surface area contributed by atoms with Crippen molar-refractivity contribution in [3.05, 3.63) is 41.9 Å². The molecule has 0 atom stereocenters. The van der Waals surface area contributed by atoms with Gasteiger partial charge in [0.15, 0.2) is 11.5 Å². The van der Waals surface area contributed by atoms with Crippen molar-refractivity contribution in [3.8, 4) is 11.4 Å². The normalized spacial score (nSPS) is 15.2. The van der Waals surface area contributed by atoms with Crippen LogP contribution in [0.3, 0.4) is 0 Å². The maximum atomic E-state index is 5.47. The van der Waals surface area contributed by atoms with Crippen LogP contribution in [0.4, 0.5) is 5.69 Å². The van der Waals surface area contributed by atoms with Gasteiger partial charge in [0.05, 0.1) is 18.6 Å². The Labute approximate surface area is 182 Å². The molecule has 0 spiro atoms. The Balaban J connectivity index is 1.52. The summed E-state index contributed by atoms with van der Waals surface area (Å²) in [5.41, 5.74) is 6.46. The van der Waals surface area contributed by atoms with E-state index in [1.54, 1.807) is 10.8 Å². The van der Waals surface area contributed by atoms with Gasteiger partial charge in [-0.1, -0.05) is 0 Å². The fourth-order valence-corrected chi connectivity index (χ4v) is 4.30. The lowest BCUT2D eigenvalue weighted by Crippen LogP contribution is -2.38. The van der Waals surface area contributed by atoms with Crippen LogP contribution >= 0.6 is 0 Å². The van der Waals surface area contributed by atoms with Gasteiger partial charge in [0.25, 0.3) is 0 Å². The highest BCUT2D eigenvalue weighted by molar-refractivity contribution is 5.94. The second-order valence-corrected chi connectivity index (χ2v) is 8.40. The van der Waals surface area contributed by atoms with Gasteiger partial charge in [-0.2, -0.15) is 0 Å². The molecule has 4 aromatic rings. The van der Waals surface area contributed by atoms with Crippen molar-refractivity contribution in [3.63, 3.8) is 0 Å². The Hall–Kier alpha value is -2.97. The molecule has 162 valence electrons. The second kappa shape index (κ2) is 7.94. The van der Waals surface area contributed by atoms with Gasteiger partial charge in [-0.25, -0.2) is 14.5 Å². The lowest BCUT2D eigenvalue weighted by molar-refractivity contribution is 0.0364. The molecule has 1 aliphatic heterocycles. The highest BCUT2D eigenvalue weighted by atomic mass is 16.5. The van der Waals surface area contributed by atoms with Crippen molar-refractivity contribution >= 4 is 22.4 Å². The van der Waals surface area contributed by atoms with Gasteiger partial charge in [-0.15, -0.1) is 5.10 Å². The smallest absolute Gasteiger partial charge is 0.182 e. The van der Waals surface area contributed by atoms with E-state index in [0.717, 1.165) is 73.1 Å². The van der Waals surface area contributed by atoms with Crippen LogP contribution in [0.25, 0.3) is 28.1 Å². The van der Waals surface area contributed by atoms with Gasteiger partial charge in [0.1, 0.15) is 12.0 Å². The summed E-state index contributed by atoms with van der Waals surface area (Å²) in [7, 11) is 4.07. The molecular formula is C23H29N7O. The van der Waals surface area contributed by atoms with Crippen molar-refractivity contribution in [2.45, 2.75) is 20.4 Å². The first-order valence-corrected chi connectivity index (χ1v) is 10.8. The topological polar surface area (TPSA) is 63.7 Å². The highest BCUT2D eigenvalue weighted by Gasteiger charge is 2.19. The summed E-state index contributed by atoms with van der Waals surface area (Å²) in [5.74, 6) is 0.720. The Morgan fingerprint density at radius 1 is 1.00 bits per heavy atom. The maximum Gasteiger partial charge on any atom is 0.182 e. The van der Waals surface area contributed by atoms with Crippen LogP contribution in [-0.2, 0) is 11.3 Å². The predicted octanol–water partition coefficient (Wildman–Crippen LogP) is 2.76. The third-order valence-corrected chi connectivity index (χ3v) is 6.33. The molecule has 1 fully saturated rings. The van der Waals surface area contributed by atoms with Crippen LogP contribution < -0.4 is 4.90 Å². The van der Waals surface area contributed by atoms with E-state index in [2.05, 4.69) is 52.5 Å². The van der Waals surface area contributed by atoms with Gasteiger partial charge in [-0.05, 0) is 43.7 Å². The van der Waals surface area contributed by atoms with Gasteiger partial charge >= 0.3 is 0 Å². The molecular weight excluding hydrogens is 390 g/mol. The Kier molecular flexibility index (Phi) is 5.11. The number of aromatic nitrogens is 5. The van der Waals surface area contributed by atoms with Gasteiger partial charge in [0, 0.05) is 57.2 Å². The summed E-state index contributed by atoms with van der Waals surface area (Å²) in [6.45, 7) is 9.87. The number of hydrogen-bond donors (Lipinski definition) is 0. The van der Waals surface area contributed by atoms with E-state index in [1.807, 2.05) is 14.1 Å². The lowest BCUT2D eigenvalue weighted by Gasteiger charge is -2.26. The molecule has 31 heavy (non-hydrogen) atoms. The maximum absolute atomic E-state index is 5.47. The third-order valence-electron chi connectivity index (χ3n) is 6.33. The number of aryl methyl sites for hydroxylation is 1. The highest BCUT2D eigenvalue weighted by Crippen LogP contribution is 2.28. The van der Waals surface area contributed by atoms with Crippen molar-refractivity contribution in [2.24, 2.45) is 0 Å². The first-order chi connectivity index (χ1) is 15.0. The van der Waals surface area contributed by atoms with Crippen LogP contribution in [-0.4, -0.2) is 76.0 Å². The van der Waals surface area contributed by atoms with E-state index in [-0.39, 0.29) is 0 Å². The summed E-state index contributed by atoms with van der Waals surface area (Å²) in [5, 5.41) is 5.79. The van der Waals surface area contributed by atoms with Crippen molar-refractivity contribution in [1.82, 2.24) is 29.0 Å². The molecule has 0 amide bonds. The predicted molar refractivity (Wildman–Crippen MR) is 123 cm³/mol. The fourth-order valence-electron chi connectivity index (χ4n) is 4.30. The lowest BCUT2D eigenvalue weighted by atomic mass is 10.2. The molecule has 3 aromatic heterocycles.